The number of hydrogen-bond acceptors (Lipinski definition) is 4. The SMILES string of the molecule is O=C(O)CCN(C(=O)OCC1c2ccccc2-c2ccccc21)c1ncc(C(F)(F)F)cc1Cl. The van der Waals surface area contributed by atoms with Crippen LogP contribution in [0.5, 0.6) is 0 Å². The summed E-state index contributed by atoms with van der Waals surface area (Å²) in [5, 5.41) is 8.60. The highest BCUT2D eigenvalue weighted by atomic mass is 35.5. The molecule has 4 rings (SSSR count). The van der Waals surface area contributed by atoms with Crippen LogP contribution in [0.2, 0.25) is 5.02 Å². The van der Waals surface area contributed by atoms with Gasteiger partial charge in [0.2, 0.25) is 0 Å². The number of amides is 1. The lowest BCUT2D eigenvalue weighted by Gasteiger charge is -2.23. The van der Waals surface area contributed by atoms with Crippen molar-refractivity contribution in [2.24, 2.45) is 0 Å². The number of rotatable bonds is 6. The Morgan fingerprint density at radius 2 is 1.65 bits per heavy atom. The molecule has 0 saturated carbocycles. The molecule has 0 aliphatic heterocycles. The van der Waals surface area contributed by atoms with E-state index in [2.05, 4.69) is 4.98 Å². The number of fused-ring (bicyclic) bond motifs is 3. The van der Waals surface area contributed by atoms with Crippen LogP contribution in [-0.2, 0) is 15.7 Å². The van der Waals surface area contributed by atoms with Gasteiger partial charge >= 0.3 is 18.2 Å². The van der Waals surface area contributed by atoms with Gasteiger partial charge in [-0.05, 0) is 28.3 Å². The van der Waals surface area contributed by atoms with Crippen molar-refractivity contribution in [1.82, 2.24) is 4.98 Å². The van der Waals surface area contributed by atoms with E-state index in [-0.39, 0.29) is 24.9 Å². The number of benzene rings is 2. The van der Waals surface area contributed by atoms with E-state index in [9.17, 15) is 22.8 Å². The number of pyridine rings is 1. The number of hydrogen-bond donors (Lipinski definition) is 1. The van der Waals surface area contributed by atoms with Gasteiger partial charge in [-0.1, -0.05) is 60.1 Å². The molecule has 1 N–H and O–H groups in total. The summed E-state index contributed by atoms with van der Waals surface area (Å²) in [5.74, 6) is -1.78. The highest BCUT2D eigenvalue weighted by Gasteiger charge is 2.34. The molecule has 6 nitrogen and oxygen atoms in total. The van der Waals surface area contributed by atoms with E-state index in [1.165, 1.54) is 0 Å². The molecule has 10 heteroatoms. The van der Waals surface area contributed by atoms with Crippen molar-refractivity contribution < 1.29 is 32.6 Å². The van der Waals surface area contributed by atoms with Crippen LogP contribution in [0.25, 0.3) is 11.1 Å². The summed E-state index contributed by atoms with van der Waals surface area (Å²) < 4.78 is 44.4. The van der Waals surface area contributed by atoms with Crippen LogP contribution in [0.4, 0.5) is 23.8 Å². The minimum absolute atomic E-state index is 0.0608. The second-order valence-electron chi connectivity index (χ2n) is 7.63. The molecule has 2 aromatic carbocycles. The summed E-state index contributed by atoms with van der Waals surface area (Å²) in [7, 11) is 0. The molecular formula is C24H18ClF3N2O4. The van der Waals surface area contributed by atoms with Gasteiger partial charge in [-0.15, -0.1) is 0 Å². The summed E-state index contributed by atoms with van der Waals surface area (Å²) in [6, 6.07) is 16.0. The third kappa shape index (κ3) is 4.70. The number of nitrogens with zero attached hydrogens (tertiary/aromatic N) is 2. The summed E-state index contributed by atoms with van der Waals surface area (Å²) in [4.78, 5) is 28.6. The molecule has 0 spiro atoms. The largest absolute Gasteiger partial charge is 0.481 e. The van der Waals surface area contributed by atoms with Crippen molar-refractivity contribution >= 4 is 29.5 Å². The van der Waals surface area contributed by atoms with Gasteiger partial charge in [-0.25, -0.2) is 9.78 Å². The smallest absolute Gasteiger partial charge is 0.417 e. The maximum Gasteiger partial charge on any atom is 0.417 e. The molecule has 0 fully saturated rings. The molecular weight excluding hydrogens is 473 g/mol. The first-order valence-corrected chi connectivity index (χ1v) is 10.6. The average Bonchev–Trinajstić information content (AvgIpc) is 3.11. The van der Waals surface area contributed by atoms with Crippen LogP contribution < -0.4 is 4.90 Å². The molecule has 1 aromatic heterocycles. The van der Waals surface area contributed by atoms with E-state index in [0.29, 0.717) is 12.3 Å². The first-order valence-electron chi connectivity index (χ1n) is 10.2. The Balaban J connectivity index is 1.58. The van der Waals surface area contributed by atoms with Crippen molar-refractivity contribution in [3.05, 3.63) is 82.5 Å². The van der Waals surface area contributed by atoms with Crippen LogP contribution in [0.3, 0.4) is 0 Å². The molecule has 1 aliphatic carbocycles. The summed E-state index contributed by atoms with van der Waals surface area (Å²) >= 11 is 5.99. The normalized spacial score (nSPS) is 12.7. The van der Waals surface area contributed by atoms with Gasteiger partial charge in [0.15, 0.2) is 5.82 Å². The van der Waals surface area contributed by atoms with Gasteiger partial charge in [0.05, 0.1) is 17.0 Å². The maximum absolute atomic E-state index is 13.0. The predicted octanol–water partition coefficient (Wildman–Crippen LogP) is 5.98. The third-order valence-electron chi connectivity index (χ3n) is 5.51. The number of aliphatic carboxylic acids is 1. The fraction of sp³-hybridized carbons (Fsp3) is 0.208. The fourth-order valence-electron chi connectivity index (χ4n) is 3.95. The summed E-state index contributed by atoms with van der Waals surface area (Å²) in [5.41, 5.74) is 2.90. The molecule has 3 aromatic rings. The average molecular weight is 491 g/mol. The Hall–Kier alpha value is -3.59. The minimum Gasteiger partial charge on any atom is -0.481 e. The monoisotopic (exact) mass is 490 g/mol. The van der Waals surface area contributed by atoms with Crippen molar-refractivity contribution in [3.8, 4) is 11.1 Å². The molecule has 1 aliphatic rings. The standard InChI is InChI=1S/C24H18ClF3N2O4/c25-20-11-14(24(26,27)28)12-29-22(20)30(10-9-21(31)32)23(33)34-13-19-17-7-3-1-5-15(17)16-6-2-4-8-18(16)19/h1-8,11-12,19H,9-10,13H2,(H,31,32). The van der Waals surface area contributed by atoms with Crippen LogP contribution in [0, 0.1) is 0 Å². The van der Waals surface area contributed by atoms with E-state index in [4.69, 9.17) is 21.4 Å². The second-order valence-corrected chi connectivity index (χ2v) is 8.03. The van der Waals surface area contributed by atoms with Crippen molar-refractivity contribution in [1.29, 1.82) is 0 Å². The number of halogens is 4. The number of carbonyl (C=O) groups excluding carboxylic acids is 1. The summed E-state index contributed by atoms with van der Waals surface area (Å²) in [6.07, 6.45) is -5.59. The lowest BCUT2D eigenvalue weighted by Crippen LogP contribution is -2.35. The number of anilines is 1. The molecule has 0 bridgehead atoms. The number of carbonyl (C=O) groups is 2. The number of ether oxygens (including phenoxy) is 1. The lowest BCUT2D eigenvalue weighted by molar-refractivity contribution is -0.138. The van der Waals surface area contributed by atoms with Crippen molar-refractivity contribution in [2.75, 3.05) is 18.1 Å². The molecule has 0 unspecified atom stereocenters. The molecule has 0 radical (unpaired) electrons. The Morgan fingerprint density at radius 1 is 1.06 bits per heavy atom. The van der Waals surface area contributed by atoms with Gasteiger partial charge in [-0.2, -0.15) is 13.2 Å². The van der Waals surface area contributed by atoms with Gasteiger partial charge < -0.3 is 9.84 Å². The molecule has 0 atom stereocenters. The zero-order chi connectivity index (χ0) is 24.5. The van der Waals surface area contributed by atoms with E-state index >= 15 is 0 Å². The zero-order valence-corrected chi connectivity index (χ0v) is 18.3. The van der Waals surface area contributed by atoms with E-state index < -0.39 is 35.2 Å². The Labute approximate surface area is 197 Å². The molecule has 0 saturated heterocycles. The first kappa shape index (κ1) is 23.6. The van der Waals surface area contributed by atoms with Crippen molar-refractivity contribution in [2.45, 2.75) is 18.5 Å². The van der Waals surface area contributed by atoms with E-state index in [1.807, 2.05) is 48.5 Å². The predicted molar refractivity (Wildman–Crippen MR) is 119 cm³/mol. The van der Waals surface area contributed by atoms with Gasteiger partial charge in [0.1, 0.15) is 6.61 Å². The van der Waals surface area contributed by atoms with Gasteiger partial charge in [-0.3, -0.25) is 9.69 Å². The Morgan fingerprint density at radius 3 is 2.18 bits per heavy atom. The fourth-order valence-corrected chi connectivity index (χ4v) is 4.22. The summed E-state index contributed by atoms with van der Waals surface area (Å²) in [6.45, 7) is -0.446. The van der Waals surface area contributed by atoms with Crippen LogP contribution in [-0.4, -0.2) is 35.3 Å². The van der Waals surface area contributed by atoms with Crippen molar-refractivity contribution in [3.63, 3.8) is 0 Å². The highest BCUT2D eigenvalue weighted by molar-refractivity contribution is 6.33. The zero-order valence-electron chi connectivity index (χ0n) is 17.6. The highest BCUT2D eigenvalue weighted by Crippen LogP contribution is 2.44. The topological polar surface area (TPSA) is 79.7 Å². The lowest BCUT2D eigenvalue weighted by atomic mass is 9.98. The number of carboxylic acid groups (broad SMARTS) is 1. The minimum atomic E-state index is -4.68. The number of aromatic nitrogens is 1. The Kier molecular flexibility index (Phi) is 6.47. The van der Waals surface area contributed by atoms with Gasteiger partial charge in [0.25, 0.3) is 0 Å². The molecule has 1 heterocycles. The number of alkyl halides is 3. The second kappa shape index (κ2) is 9.34. The maximum atomic E-state index is 13.0. The molecule has 1 amide bonds. The van der Waals surface area contributed by atoms with Crippen LogP contribution in [0.15, 0.2) is 60.8 Å². The Bertz CT molecular complexity index is 1200. The van der Waals surface area contributed by atoms with E-state index in [1.54, 1.807) is 0 Å². The molecule has 34 heavy (non-hydrogen) atoms. The molecule has 176 valence electrons. The number of carboxylic acids is 1. The third-order valence-corrected chi connectivity index (χ3v) is 5.79. The first-order chi connectivity index (χ1) is 16.2. The van der Waals surface area contributed by atoms with Gasteiger partial charge in [0, 0.05) is 18.7 Å². The van der Waals surface area contributed by atoms with Crippen LogP contribution >= 0.6 is 11.6 Å². The van der Waals surface area contributed by atoms with E-state index in [0.717, 1.165) is 27.2 Å². The quantitative estimate of drug-likeness (QED) is 0.459. The van der Waals surface area contributed by atoms with Crippen LogP contribution in [0.1, 0.15) is 29.0 Å².